The highest BCUT2D eigenvalue weighted by Crippen LogP contribution is 2.30. The maximum atomic E-state index is 5.77. The molecule has 0 fully saturated rings. The minimum absolute atomic E-state index is 0.0949. The van der Waals surface area contributed by atoms with Crippen LogP contribution in [0.2, 0.25) is 5.22 Å². The van der Waals surface area contributed by atoms with Gasteiger partial charge in [-0.05, 0) is 54.7 Å². The summed E-state index contributed by atoms with van der Waals surface area (Å²) in [4.78, 5) is 1.27. The van der Waals surface area contributed by atoms with E-state index in [9.17, 15) is 0 Å². The molecule has 0 aliphatic carbocycles. The molecule has 2 aromatic heterocycles. The monoisotopic (exact) mass is 241 g/mol. The third-order valence-corrected chi connectivity index (χ3v) is 3.62. The number of nitrogens with one attached hydrogen (secondary N) is 1. The Morgan fingerprint density at radius 1 is 1.40 bits per heavy atom. The number of thiophene rings is 1. The minimum Gasteiger partial charge on any atom is -0.448 e. The highest BCUT2D eigenvalue weighted by molar-refractivity contribution is 7.10. The van der Waals surface area contributed by atoms with E-state index < -0.39 is 0 Å². The van der Waals surface area contributed by atoms with Crippen molar-refractivity contribution in [3.63, 3.8) is 0 Å². The minimum atomic E-state index is 0.0949. The second-order valence-electron chi connectivity index (χ2n) is 3.33. The van der Waals surface area contributed by atoms with E-state index in [0.717, 1.165) is 5.76 Å². The van der Waals surface area contributed by atoms with Gasteiger partial charge in [0.05, 0.1) is 0 Å². The summed E-state index contributed by atoms with van der Waals surface area (Å²) < 4.78 is 5.42. The van der Waals surface area contributed by atoms with Gasteiger partial charge < -0.3 is 9.73 Å². The highest BCUT2D eigenvalue weighted by atomic mass is 35.5. The van der Waals surface area contributed by atoms with Crippen molar-refractivity contribution in [3.8, 4) is 0 Å². The molecule has 0 saturated heterocycles. The van der Waals surface area contributed by atoms with Crippen LogP contribution < -0.4 is 5.32 Å². The van der Waals surface area contributed by atoms with E-state index in [4.69, 9.17) is 16.0 Å². The van der Waals surface area contributed by atoms with Gasteiger partial charge >= 0.3 is 0 Å². The molecule has 0 spiro atoms. The molecular weight excluding hydrogens is 230 g/mol. The highest BCUT2D eigenvalue weighted by Gasteiger charge is 2.18. The summed E-state index contributed by atoms with van der Waals surface area (Å²) in [5.41, 5.74) is 1.27. The maximum absolute atomic E-state index is 5.77. The fourth-order valence-electron chi connectivity index (χ4n) is 1.57. The SMILES string of the molecule is CNC(c1ccc(Cl)o1)c1sccc1C. The van der Waals surface area contributed by atoms with Crippen LogP contribution in [0.3, 0.4) is 0 Å². The van der Waals surface area contributed by atoms with Crippen LogP contribution in [0.1, 0.15) is 22.2 Å². The number of furan rings is 1. The Labute approximate surface area is 97.9 Å². The first kappa shape index (κ1) is 10.7. The van der Waals surface area contributed by atoms with E-state index in [1.165, 1.54) is 10.4 Å². The largest absolute Gasteiger partial charge is 0.448 e. The van der Waals surface area contributed by atoms with Gasteiger partial charge in [-0.25, -0.2) is 0 Å². The lowest BCUT2D eigenvalue weighted by Gasteiger charge is -2.12. The molecule has 0 saturated carbocycles. The van der Waals surface area contributed by atoms with Crippen molar-refractivity contribution in [3.05, 3.63) is 45.0 Å². The van der Waals surface area contributed by atoms with Crippen molar-refractivity contribution < 1.29 is 4.42 Å². The molecule has 4 heteroatoms. The Hall–Kier alpha value is -0.770. The summed E-state index contributed by atoms with van der Waals surface area (Å²) in [6, 6.07) is 5.87. The van der Waals surface area contributed by atoms with Gasteiger partial charge in [-0.15, -0.1) is 11.3 Å². The normalized spacial score (nSPS) is 13.0. The van der Waals surface area contributed by atoms with E-state index in [0.29, 0.717) is 5.22 Å². The van der Waals surface area contributed by atoms with Gasteiger partial charge in [0.15, 0.2) is 5.22 Å². The molecule has 0 aliphatic heterocycles. The molecule has 15 heavy (non-hydrogen) atoms. The summed E-state index contributed by atoms with van der Waals surface area (Å²) in [5, 5.41) is 5.75. The topological polar surface area (TPSA) is 25.2 Å². The fraction of sp³-hybridized carbons (Fsp3) is 0.273. The van der Waals surface area contributed by atoms with Crippen molar-refractivity contribution in [2.45, 2.75) is 13.0 Å². The lowest BCUT2D eigenvalue weighted by Crippen LogP contribution is -2.16. The van der Waals surface area contributed by atoms with E-state index >= 15 is 0 Å². The van der Waals surface area contributed by atoms with Crippen molar-refractivity contribution in [1.82, 2.24) is 5.32 Å². The van der Waals surface area contributed by atoms with Crippen molar-refractivity contribution in [2.75, 3.05) is 7.05 Å². The Balaban J connectivity index is 2.36. The van der Waals surface area contributed by atoms with Crippen LogP contribution >= 0.6 is 22.9 Å². The molecule has 2 heterocycles. The summed E-state index contributed by atoms with van der Waals surface area (Å²) in [6.45, 7) is 2.10. The third-order valence-electron chi connectivity index (χ3n) is 2.33. The predicted octanol–water partition coefficient (Wildman–Crippen LogP) is 3.61. The summed E-state index contributed by atoms with van der Waals surface area (Å²) in [5.74, 6) is 0.855. The van der Waals surface area contributed by atoms with E-state index in [-0.39, 0.29) is 6.04 Å². The van der Waals surface area contributed by atoms with Crippen molar-refractivity contribution in [2.24, 2.45) is 0 Å². The number of rotatable bonds is 3. The molecule has 2 rings (SSSR count). The van der Waals surface area contributed by atoms with Gasteiger partial charge in [0, 0.05) is 4.88 Å². The van der Waals surface area contributed by atoms with E-state index in [1.807, 2.05) is 13.1 Å². The predicted molar refractivity (Wildman–Crippen MR) is 63.7 cm³/mol. The fourth-order valence-corrected chi connectivity index (χ4v) is 2.76. The van der Waals surface area contributed by atoms with Crippen LogP contribution in [0.15, 0.2) is 28.0 Å². The van der Waals surface area contributed by atoms with Crippen molar-refractivity contribution >= 4 is 22.9 Å². The van der Waals surface area contributed by atoms with E-state index in [1.54, 1.807) is 17.4 Å². The molecule has 80 valence electrons. The van der Waals surface area contributed by atoms with E-state index in [2.05, 4.69) is 23.7 Å². The van der Waals surface area contributed by atoms with Crippen molar-refractivity contribution in [1.29, 1.82) is 0 Å². The molecule has 0 radical (unpaired) electrons. The van der Waals surface area contributed by atoms with Crippen LogP contribution in [-0.2, 0) is 0 Å². The second kappa shape index (κ2) is 4.39. The second-order valence-corrected chi connectivity index (χ2v) is 4.65. The number of aryl methyl sites for hydroxylation is 1. The van der Waals surface area contributed by atoms with Gasteiger partial charge in [-0.3, -0.25) is 0 Å². The van der Waals surface area contributed by atoms with Gasteiger partial charge in [0.25, 0.3) is 0 Å². The van der Waals surface area contributed by atoms with Gasteiger partial charge in [0.1, 0.15) is 11.8 Å². The molecule has 0 aliphatic rings. The first-order valence-electron chi connectivity index (χ1n) is 4.69. The molecule has 1 unspecified atom stereocenters. The van der Waals surface area contributed by atoms with Crippen LogP contribution in [0.5, 0.6) is 0 Å². The molecule has 0 aromatic carbocycles. The zero-order valence-corrected chi connectivity index (χ0v) is 10.2. The Morgan fingerprint density at radius 3 is 2.67 bits per heavy atom. The molecule has 1 atom stereocenters. The number of hydrogen-bond acceptors (Lipinski definition) is 3. The smallest absolute Gasteiger partial charge is 0.193 e. The third kappa shape index (κ3) is 2.09. The zero-order valence-electron chi connectivity index (χ0n) is 8.58. The number of hydrogen-bond donors (Lipinski definition) is 1. The van der Waals surface area contributed by atoms with Gasteiger partial charge in [-0.1, -0.05) is 0 Å². The summed E-state index contributed by atoms with van der Waals surface area (Å²) >= 11 is 7.49. The quantitative estimate of drug-likeness (QED) is 0.888. The summed E-state index contributed by atoms with van der Waals surface area (Å²) in [6.07, 6.45) is 0. The lowest BCUT2D eigenvalue weighted by atomic mass is 10.1. The Bertz CT molecular complexity index is 449. The average molecular weight is 242 g/mol. The van der Waals surface area contributed by atoms with Crippen LogP contribution in [-0.4, -0.2) is 7.05 Å². The Kier molecular flexibility index (Phi) is 3.14. The molecule has 1 N–H and O–H groups in total. The average Bonchev–Trinajstić information content (AvgIpc) is 2.79. The molecular formula is C11H12ClNOS. The standard InChI is InChI=1S/C11H12ClNOS/c1-7-5-6-15-11(7)10(13-2)8-3-4-9(12)14-8/h3-6,10,13H,1-2H3. The molecule has 2 aromatic rings. The molecule has 0 amide bonds. The Morgan fingerprint density at radius 2 is 2.20 bits per heavy atom. The molecule has 2 nitrogen and oxygen atoms in total. The zero-order chi connectivity index (χ0) is 10.8. The summed E-state index contributed by atoms with van der Waals surface area (Å²) in [7, 11) is 1.92. The maximum Gasteiger partial charge on any atom is 0.193 e. The number of halogens is 1. The molecule has 0 bridgehead atoms. The lowest BCUT2D eigenvalue weighted by molar-refractivity contribution is 0.467. The van der Waals surface area contributed by atoms with Crippen LogP contribution in [0.25, 0.3) is 0 Å². The van der Waals surface area contributed by atoms with Gasteiger partial charge in [0.2, 0.25) is 0 Å². The first-order valence-corrected chi connectivity index (χ1v) is 5.94. The first-order chi connectivity index (χ1) is 7.22. The van der Waals surface area contributed by atoms with Gasteiger partial charge in [-0.2, -0.15) is 0 Å². The van der Waals surface area contributed by atoms with Crippen LogP contribution in [0, 0.1) is 6.92 Å². The van der Waals surface area contributed by atoms with Crippen LogP contribution in [0.4, 0.5) is 0 Å².